The van der Waals surface area contributed by atoms with Crippen molar-refractivity contribution >= 4 is 0 Å². The third-order valence-corrected chi connectivity index (χ3v) is 3.45. The number of ether oxygens (including phenoxy) is 2. The summed E-state index contributed by atoms with van der Waals surface area (Å²) in [5, 5.41) is 0. The van der Waals surface area contributed by atoms with Gasteiger partial charge in [-0.1, -0.05) is 18.6 Å². The van der Waals surface area contributed by atoms with Crippen molar-refractivity contribution in [3.63, 3.8) is 0 Å². The third-order valence-electron chi connectivity index (χ3n) is 3.45. The van der Waals surface area contributed by atoms with Gasteiger partial charge in [0.1, 0.15) is 0 Å². The molecule has 0 saturated heterocycles. The molecule has 2 N–H and O–H groups in total. The van der Waals surface area contributed by atoms with Gasteiger partial charge < -0.3 is 15.2 Å². The zero-order chi connectivity index (χ0) is 11.5. The Bertz CT molecular complexity index is 361. The molecule has 1 fully saturated rings. The first-order valence-corrected chi connectivity index (χ1v) is 5.74. The van der Waals surface area contributed by atoms with Crippen molar-refractivity contribution in [2.24, 2.45) is 11.7 Å². The zero-order valence-electron chi connectivity index (χ0n) is 9.90. The van der Waals surface area contributed by atoms with E-state index in [9.17, 15) is 0 Å². The summed E-state index contributed by atoms with van der Waals surface area (Å²) >= 11 is 0. The van der Waals surface area contributed by atoms with Gasteiger partial charge in [0.15, 0.2) is 11.5 Å². The lowest BCUT2D eigenvalue weighted by Gasteiger charge is -2.32. The van der Waals surface area contributed by atoms with Crippen LogP contribution in [0.4, 0.5) is 0 Å². The van der Waals surface area contributed by atoms with Gasteiger partial charge in [-0.05, 0) is 24.8 Å². The Balaban J connectivity index is 2.30. The minimum absolute atomic E-state index is 0.0683. The molecule has 0 radical (unpaired) electrons. The van der Waals surface area contributed by atoms with Crippen molar-refractivity contribution in [3.8, 4) is 11.5 Å². The molecule has 1 aliphatic rings. The molecule has 1 saturated carbocycles. The Labute approximate surface area is 96.5 Å². The van der Waals surface area contributed by atoms with Crippen LogP contribution in [0.25, 0.3) is 0 Å². The van der Waals surface area contributed by atoms with E-state index in [1.165, 1.54) is 19.3 Å². The third kappa shape index (κ3) is 1.87. The van der Waals surface area contributed by atoms with E-state index in [1.807, 2.05) is 18.2 Å². The second-order valence-corrected chi connectivity index (χ2v) is 4.30. The van der Waals surface area contributed by atoms with Crippen molar-refractivity contribution in [2.75, 3.05) is 14.2 Å². The van der Waals surface area contributed by atoms with Crippen molar-refractivity contribution in [2.45, 2.75) is 25.3 Å². The van der Waals surface area contributed by atoms with Crippen LogP contribution in [0.3, 0.4) is 0 Å². The van der Waals surface area contributed by atoms with Crippen LogP contribution in [0.1, 0.15) is 30.9 Å². The summed E-state index contributed by atoms with van der Waals surface area (Å²) in [5.41, 5.74) is 7.33. The molecule has 1 unspecified atom stereocenters. The van der Waals surface area contributed by atoms with Crippen molar-refractivity contribution in [1.29, 1.82) is 0 Å². The molecule has 88 valence electrons. The highest BCUT2D eigenvalue weighted by atomic mass is 16.5. The predicted molar refractivity (Wildman–Crippen MR) is 63.8 cm³/mol. The largest absolute Gasteiger partial charge is 0.493 e. The molecule has 0 aromatic heterocycles. The van der Waals surface area contributed by atoms with E-state index in [2.05, 4.69) is 0 Å². The molecule has 1 aliphatic carbocycles. The van der Waals surface area contributed by atoms with E-state index in [0.29, 0.717) is 5.92 Å². The molecule has 16 heavy (non-hydrogen) atoms. The number of benzene rings is 1. The van der Waals surface area contributed by atoms with Gasteiger partial charge in [-0.3, -0.25) is 0 Å². The topological polar surface area (TPSA) is 44.5 Å². The smallest absolute Gasteiger partial charge is 0.165 e. The maximum Gasteiger partial charge on any atom is 0.165 e. The number of nitrogens with two attached hydrogens (primary N) is 1. The molecule has 2 rings (SSSR count). The van der Waals surface area contributed by atoms with Gasteiger partial charge >= 0.3 is 0 Å². The van der Waals surface area contributed by atoms with Crippen molar-refractivity contribution in [1.82, 2.24) is 0 Å². The first-order chi connectivity index (χ1) is 7.77. The fourth-order valence-electron chi connectivity index (χ4n) is 2.23. The van der Waals surface area contributed by atoms with Gasteiger partial charge in [0.05, 0.1) is 14.2 Å². The van der Waals surface area contributed by atoms with Crippen LogP contribution in [-0.2, 0) is 0 Å². The molecule has 1 atom stereocenters. The lowest BCUT2D eigenvalue weighted by atomic mass is 9.77. The Morgan fingerprint density at radius 3 is 2.50 bits per heavy atom. The van der Waals surface area contributed by atoms with Gasteiger partial charge in [-0.2, -0.15) is 0 Å². The highest BCUT2D eigenvalue weighted by Crippen LogP contribution is 2.42. The van der Waals surface area contributed by atoms with Crippen LogP contribution >= 0.6 is 0 Å². The average molecular weight is 221 g/mol. The van der Waals surface area contributed by atoms with Crippen LogP contribution < -0.4 is 15.2 Å². The average Bonchev–Trinajstić information content (AvgIpc) is 2.25. The Morgan fingerprint density at radius 1 is 1.25 bits per heavy atom. The number of para-hydroxylation sites is 1. The monoisotopic (exact) mass is 221 g/mol. The van der Waals surface area contributed by atoms with Gasteiger partial charge in [0.25, 0.3) is 0 Å². The van der Waals surface area contributed by atoms with E-state index < -0.39 is 0 Å². The molecule has 0 spiro atoms. The van der Waals surface area contributed by atoms with Crippen LogP contribution in [0.5, 0.6) is 11.5 Å². The number of methoxy groups -OCH3 is 2. The summed E-state index contributed by atoms with van der Waals surface area (Å²) in [6, 6.07) is 5.97. The highest BCUT2D eigenvalue weighted by molar-refractivity contribution is 5.48. The van der Waals surface area contributed by atoms with E-state index in [-0.39, 0.29) is 6.04 Å². The van der Waals surface area contributed by atoms with E-state index in [0.717, 1.165) is 17.1 Å². The first-order valence-electron chi connectivity index (χ1n) is 5.74. The van der Waals surface area contributed by atoms with Gasteiger partial charge in [-0.15, -0.1) is 0 Å². The maximum absolute atomic E-state index is 6.26. The predicted octanol–water partition coefficient (Wildman–Crippen LogP) is 2.50. The molecule has 0 amide bonds. The summed E-state index contributed by atoms with van der Waals surface area (Å²) in [5.74, 6) is 2.14. The fraction of sp³-hybridized carbons (Fsp3) is 0.538. The molecule has 1 aromatic carbocycles. The Hall–Kier alpha value is -1.22. The minimum Gasteiger partial charge on any atom is -0.493 e. The molecule has 0 bridgehead atoms. The fourth-order valence-corrected chi connectivity index (χ4v) is 2.23. The Kier molecular flexibility index (Phi) is 3.34. The first kappa shape index (κ1) is 11.3. The summed E-state index contributed by atoms with van der Waals surface area (Å²) in [4.78, 5) is 0. The standard InChI is InChI=1S/C13H19NO2/c1-15-11-8-4-7-10(13(11)16-2)12(14)9-5-3-6-9/h4,7-9,12H,3,5-6,14H2,1-2H3. The number of rotatable bonds is 4. The summed E-state index contributed by atoms with van der Waals surface area (Å²) in [6.07, 6.45) is 3.74. The minimum atomic E-state index is 0.0683. The quantitative estimate of drug-likeness (QED) is 0.849. The maximum atomic E-state index is 6.26. The van der Waals surface area contributed by atoms with E-state index in [4.69, 9.17) is 15.2 Å². The zero-order valence-corrected chi connectivity index (χ0v) is 9.90. The molecule has 3 heteroatoms. The molecule has 3 nitrogen and oxygen atoms in total. The van der Waals surface area contributed by atoms with Gasteiger partial charge in [0.2, 0.25) is 0 Å². The summed E-state index contributed by atoms with van der Waals surface area (Å²) < 4.78 is 10.7. The summed E-state index contributed by atoms with van der Waals surface area (Å²) in [7, 11) is 3.31. The normalized spacial score (nSPS) is 17.7. The van der Waals surface area contributed by atoms with Gasteiger partial charge in [0, 0.05) is 11.6 Å². The lowest BCUT2D eigenvalue weighted by Crippen LogP contribution is -2.27. The number of hydrogen-bond donors (Lipinski definition) is 1. The van der Waals surface area contributed by atoms with E-state index in [1.54, 1.807) is 14.2 Å². The van der Waals surface area contributed by atoms with Crippen LogP contribution in [0.15, 0.2) is 18.2 Å². The Morgan fingerprint density at radius 2 is 2.00 bits per heavy atom. The van der Waals surface area contributed by atoms with Crippen molar-refractivity contribution in [3.05, 3.63) is 23.8 Å². The van der Waals surface area contributed by atoms with Crippen LogP contribution in [-0.4, -0.2) is 14.2 Å². The van der Waals surface area contributed by atoms with Crippen LogP contribution in [0, 0.1) is 5.92 Å². The van der Waals surface area contributed by atoms with Gasteiger partial charge in [-0.25, -0.2) is 0 Å². The molecular weight excluding hydrogens is 202 g/mol. The SMILES string of the molecule is COc1cccc(C(N)C2CCC2)c1OC. The molecule has 1 aromatic rings. The number of hydrogen-bond acceptors (Lipinski definition) is 3. The molecular formula is C13H19NO2. The second-order valence-electron chi connectivity index (χ2n) is 4.30. The molecule has 0 heterocycles. The second kappa shape index (κ2) is 4.74. The van der Waals surface area contributed by atoms with Crippen LogP contribution in [0.2, 0.25) is 0 Å². The van der Waals surface area contributed by atoms with E-state index >= 15 is 0 Å². The molecule has 0 aliphatic heterocycles. The summed E-state index contributed by atoms with van der Waals surface area (Å²) in [6.45, 7) is 0. The lowest BCUT2D eigenvalue weighted by molar-refractivity contribution is 0.257. The van der Waals surface area contributed by atoms with Crippen molar-refractivity contribution < 1.29 is 9.47 Å². The highest BCUT2D eigenvalue weighted by Gasteiger charge is 2.28.